The Morgan fingerprint density at radius 2 is 1.95 bits per heavy atom. The Kier molecular flexibility index (Phi) is 5.23. The van der Waals surface area contributed by atoms with Crippen molar-refractivity contribution in [1.82, 2.24) is 5.32 Å². The Bertz CT molecular complexity index is 422. The van der Waals surface area contributed by atoms with Crippen molar-refractivity contribution in [3.63, 3.8) is 0 Å². The zero-order chi connectivity index (χ0) is 14.5. The molecule has 1 unspecified atom stereocenters. The summed E-state index contributed by atoms with van der Waals surface area (Å²) in [6, 6.07) is 6.15. The van der Waals surface area contributed by atoms with E-state index in [1.807, 2.05) is 6.92 Å². The Hall–Kier alpha value is -1.69. The Balaban J connectivity index is 2.89. The first kappa shape index (κ1) is 15.4. The van der Waals surface area contributed by atoms with E-state index in [2.05, 4.69) is 14.8 Å². The maximum absolute atomic E-state index is 12.0. The third-order valence-corrected chi connectivity index (χ3v) is 2.99. The minimum atomic E-state index is -2.85. The van der Waals surface area contributed by atoms with E-state index in [1.54, 1.807) is 19.2 Å². The molecule has 1 N–H and O–H groups in total. The fourth-order valence-electron chi connectivity index (χ4n) is 1.70. The molecule has 0 bridgehead atoms. The quantitative estimate of drug-likeness (QED) is 0.808. The Labute approximate surface area is 110 Å². The van der Waals surface area contributed by atoms with Gasteiger partial charge in [-0.1, -0.05) is 12.1 Å². The third-order valence-electron chi connectivity index (χ3n) is 2.99. The van der Waals surface area contributed by atoms with Gasteiger partial charge in [-0.3, -0.25) is 4.79 Å². The van der Waals surface area contributed by atoms with Gasteiger partial charge in [0.2, 0.25) is 0 Å². The van der Waals surface area contributed by atoms with Crippen LogP contribution in [-0.2, 0) is 15.1 Å². The molecule has 1 aromatic carbocycles. The number of hydrogen-bond donors (Lipinski definition) is 1. The van der Waals surface area contributed by atoms with Crippen molar-refractivity contribution in [3.05, 3.63) is 29.8 Å². The summed E-state index contributed by atoms with van der Waals surface area (Å²) in [5.74, 6) is -0.278. The van der Waals surface area contributed by atoms with Crippen LogP contribution < -0.4 is 10.1 Å². The highest BCUT2D eigenvalue weighted by molar-refractivity contribution is 5.71. The van der Waals surface area contributed by atoms with Gasteiger partial charge in [-0.2, -0.15) is 8.78 Å². The standard InChI is InChI=1S/C13H17F2NO3/c1-13(16-2,8-11(17)18-3)9-4-6-10(7-5-9)19-12(14)15/h4-7,12,16H,8H2,1-3H3. The third kappa shape index (κ3) is 4.17. The summed E-state index contributed by atoms with van der Waals surface area (Å²) in [6.07, 6.45) is 0.134. The van der Waals surface area contributed by atoms with E-state index >= 15 is 0 Å². The van der Waals surface area contributed by atoms with Gasteiger partial charge in [0.15, 0.2) is 0 Å². The molecule has 0 saturated heterocycles. The van der Waals surface area contributed by atoms with Crippen molar-refractivity contribution in [2.75, 3.05) is 14.2 Å². The monoisotopic (exact) mass is 273 g/mol. The van der Waals surface area contributed by atoms with Gasteiger partial charge in [-0.05, 0) is 31.7 Å². The highest BCUT2D eigenvalue weighted by atomic mass is 19.3. The number of hydrogen-bond acceptors (Lipinski definition) is 4. The van der Waals surface area contributed by atoms with Gasteiger partial charge < -0.3 is 14.8 Å². The number of benzene rings is 1. The van der Waals surface area contributed by atoms with Crippen molar-refractivity contribution in [2.45, 2.75) is 25.5 Å². The lowest BCUT2D eigenvalue weighted by molar-refractivity contribution is -0.142. The zero-order valence-corrected chi connectivity index (χ0v) is 11.1. The fraction of sp³-hybridized carbons (Fsp3) is 0.462. The molecule has 0 aromatic heterocycles. The molecule has 1 atom stereocenters. The first-order chi connectivity index (χ1) is 8.91. The molecule has 19 heavy (non-hydrogen) atoms. The average Bonchev–Trinajstić information content (AvgIpc) is 2.38. The van der Waals surface area contributed by atoms with Gasteiger partial charge in [0.25, 0.3) is 0 Å². The van der Waals surface area contributed by atoms with Crippen LogP contribution in [0.4, 0.5) is 8.78 Å². The molecule has 0 aliphatic rings. The van der Waals surface area contributed by atoms with E-state index in [4.69, 9.17) is 0 Å². The predicted octanol–water partition coefficient (Wildman–Crippen LogP) is 2.29. The fourth-order valence-corrected chi connectivity index (χ4v) is 1.70. The van der Waals surface area contributed by atoms with E-state index in [-0.39, 0.29) is 18.1 Å². The van der Waals surface area contributed by atoms with Gasteiger partial charge in [0.1, 0.15) is 5.75 Å². The molecule has 1 aromatic rings. The topological polar surface area (TPSA) is 47.6 Å². The highest BCUT2D eigenvalue weighted by Crippen LogP contribution is 2.27. The smallest absolute Gasteiger partial charge is 0.387 e. The number of esters is 1. The number of ether oxygens (including phenoxy) is 2. The van der Waals surface area contributed by atoms with Gasteiger partial charge >= 0.3 is 12.6 Å². The van der Waals surface area contributed by atoms with Crippen LogP contribution in [0, 0.1) is 0 Å². The lowest BCUT2D eigenvalue weighted by Gasteiger charge is -2.28. The molecule has 0 radical (unpaired) electrons. The second kappa shape index (κ2) is 6.47. The van der Waals surface area contributed by atoms with Crippen molar-refractivity contribution in [3.8, 4) is 5.75 Å². The first-order valence-electron chi connectivity index (χ1n) is 5.72. The number of halogens is 2. The molecule has 0 fully saturated rings. The summed E-state index contributed by atoms with van der Waals surface area (Å²) in [4.78, 5) is 11.4. The predicted molar refractivity (Wildman–Crippen MR) is 66.1 cm³/mol. The molecule has 0 heterocycles. The molecule has 0 aliphatic heterocycles. The lowest BCUT2D eigenvalue weighted by Crippen LogP contribution is -2.39. The SMILES string of the molecule is CNC(C)(CC(=O)OC)c1ccc(OC(F)F)cc1. The molecular formula is C13H17F2NO3. The molecule has 1 rings (SSSR count). The summed E-state index contributed by atoms with van der Waals surface area (Å²) in [5.41, 5.74) is 0.151. The minimum absolute atomic E-state index is 0.0790. The second-order valence-electron chi connectivity index (χ2n) is 4.24. The molecule has 0 aliphatic carbocycles. The maximum atomic E-state index is 12.0. The van der Waals surface area contributed by atoms with Crippen molar-refractivity contribution in [2.24, 2.45) is 0 Å². The van der Waals surface area contributed by atoms with Crippen molar-refractivity contribution in [1.29, 1.82) is 0 Å². The van der Waals surface area contributed by atoms with Crippen molar-refractivity contribution < 1.29 is 23.0 Å². The normalized spacial score (nSPS) is 14.0. The van der Waals surface area contributed by atoms with Gasteiger partial charge in [0, 0.05) is 0 Å². The van der Waals surface area contributed by atoms with Gasteiger partial charge in [0.05, 0.1) is 19.1 Å². The molecular weight excluding hydrogens is 256 g/mol. The number of nitrogens with one attached hydrogen (secondary N) is 1. The van der Waals surface area contributed by atoms with Crippen LogP contribution in [0.3, 0.4) is 0 Å². The number of carbonyl (C=O) groups is 1. The molecule has 0 spiro atoms. The van der Waals surface area contributed by atoms with Gasteiger partial charge in [-0.25, -0.2) is 0 Å². The van der Waals surface area contributed by atoms with Crippen LogP contribution in [0.1, 0.15) is 18.9 Å². The zero-order valence-electron chi connectivity index (χ0n) is 11.1. The molecule has 106 valence electrons. The summed E-state index contributed by atoms with van der Waals surface area (Å²) >= 11 is 0. The molecule has 6 heteroatoms. The maximum Gasteiger partial charge on any atom is 0.387 e. The number of carbonyl (C=O) groups excluding carboxylic acids is 1. The van der Waals surface area contributed by atoms with E-state index < -0.39 is 12.2 Å². The number of rotatable bonds is 6. The van der Waals surface area contributed by atoms with E-state index in [1.165, 1.54) is 19.2 Å². The number of alkyl halides is 2. The first-order valence-corrected chi connectivity index (χ1v) is 5.72. The minimum Gasteiger partial charge on any atom is -0.469 e. The number of methoxy groups -OCH3 is 1. The summed E-state index contributed by atoms with van der Waals surface area (Å²) in [5, 5.41) is 3.03. The molecule has 0 amide bonds. The molecule has 0 saturated carbocycles. The Morgan fingerprint density at radius 3 is 2.37 bits per heavy atom. The van der Waals surface area contributed by atoms with E-state index in [0.717, 1.165) is 5.56 Å². The van der Waals surface area contributed by atoms with Crippen LogP contribution >= 0.6 is 0 Å². The molecule has 4 nitrogen and oxygen atoms in total. The summed E-state index contributed by atoms with van der Waals surface area (Å²) in [7, 11) is 3.03. The largest absolute Gasteiger partial charge is 0.469 e. The van der Waals surface area contributed by atoms with E-state index in [0.29, 0.717) is 0 Å². The highest BCUT2D eigenvalue weighted by Gasteiger charge is 2.28. The van der Waals surface area contributed by atoms with Crippen LogP contribution in [0.25, 0.3) is 0 Å². The van der Waals surface area contributed by atoms with Gasteiger partial charge in [-0.15, -0.1) is 0 Å². The average molecular weight is 273 g/mol. The van der Waals surface area contributed by atoms with Crippen LogP contribution in [0.2, 0.25) is 0 Å². The van der Waals surface area contributed by atoms with Crippen LogP contribution in [-0.4, -0.2) is 26.7 Å². The second-order valence-corrected chi connectivity index (χ2v) is 4.24. The van der Waals surface area contributed by atoms with Crippen LogP contribution in [0.5, 0.6) is 5.75 Å². The lowest BCUT2D eigenvalue weighted by atomic mass is 9.89. The summed E-state index contributed by atoms with van der Waals surface area (Å²) in [6.45, 7) is -1.02. The Morgan fingerprint density at radius 1 is 1.37 bits per heavy atom. The van der Waals surface area contributed by atoms with E-state index in [9.17, 15) is 13.6 Å². The van der Waals surface area contributed by atoms with Crippen molar-refractivity contribution >= 4 is 5.97 Å². The summed E-state index contributed by atoms with van der Waals surface area (Å²) < 4.78 is 33.0. The van der Waals surface area contributed by atoms with Crippen LogP contribution in [0.15, 0.2) is 24.3 Å².